The molecule has 0 unspecified atom stereocenters. The molecule has 1 fully saturated rings. The molecule has 0 amide bonds. The molecule has 1 aliphatic heterocycles. The first-order valence-corrected chi connectivity index (χ1v) is 10.2. The molecule has 1 saturated heterocycles. The van der Waals surface area contributed by atoms with Crippen molar-refractivity contribution < 1.29 is 13.2 Å². The van der Waals surface area contributed by atoms with Crippen LogP contribution < -0.4 is 9.64 Å². The molecule has 0 aromatic heterocycles. The zero-order valence-electron chi connectivity index (χ0n) is 13.4. The van der Waals surface area contributed by atoms with Crippen LogP contribution in [0.15, 0.2) is 53.4 Å². The summed E-state index contributed by atoms with van der Waals surface area (Å²) >= 11 is 2.17. The molecule has 24 heavy (non-hydrogen) atoms. The Balaban J connectivity index is 1.68. The smallest absolute Gasteiger partial charge is 0.243 e. The van der Waals surface area contributed by atoms with E-state index in [0.29, 0.717) is 31.1 Å². The average Bonchev–Trinajstić information content (AvgIpc) is 2.62. The lowest BCUT2D eigenvalue weighted by molar-refractivity contribution is 0.384. The Bertz CT molecular complexity index is 784. The van der Waals surface area contributed by atoms with E-state index in [-0.39, 0.29) is 0 Å². The summed E-state index contributed by atoms with van der Waals surface area (Å²) < 4.78 is 33.2. The van der Waals surface area contributed by atoms with Gasteiger partial charge in [-0.3, -0.25) is 0 Å². The molecule has 0 saturated carbocycles. The molecule has 0 bridgehead atoms. The summed E-state index contributed by atoms with van der Waals surface area (Å²) in [5.41, 5.74) is 1.09. The molecule has 2 aromatic rings. The number of ether oxygens (including phenoxy) is 1. The SMILES string of the molecule is COc1ccc(N2CCN(S(=O)(=O)c3ccc(I)cc3)CC2)cc1. The largest absolute Gasteiger partial charge is 0.497 e. The highest BCUT2D eigenvalue weighted by molar-refractivity contribution is 14.1. The molecule has 7 heteroatoms. The number of methoxy groups -OCH3 is 1. The maximum absolute atomic E-state index is 12.7. The Hall–Kier alpha value is -1.32. The molecule has 0 N–H and O–H groups in total. The van der Waals surface area contributed by atoms with Crippen LogP contribution >= 0.6 is 22.6 Å². The minimum Gasteiger partial charge on any atom is -0.497 e. The fraction of sp³-hybridized carbons (Fsp3) is 0.294. The topological polar surface area (TPSA) is 49.9 Å². The van der Waals surface area contributed by atoms with Crippen molar-refractivity contribution in [3.63, 3.8) is 0 Å². The van der Waals surface area contributed by atoms with Crippen LogP contribution in [0.4, 0.5) is 5.69 Å². The molecule has 128 valence electrons. The monoisotopic (exact) mass is 458 g/mol. The number of hydrogen-bond donors (Lipinski definition) is 0. The summed E-state index contributed by atoms with van der Waals surface area (Å²) in [6.07, 6.45) is 0. The minimum atomic E-state index is -3.41. The zero-order valence-corrected chi connectivity index (χ0v) is 16.3. The summed E-state index contributed by atoms with van der Waals surface area (Å²) in [6, 6.07) is 14.8. The van der Waals surface area contributed by atoms with Gasteiger partial charge in [0.15, 0.2) is 0 Å². The lowest BCUT2D eigenvalue weighted by Gasteiger charge is -2.35. The fourth-order valence-electron chi connectivity index (χ4n) is 2.74. The van der Waals surface area contributed by atoms with Crippen LogP contribution in [0, 0.1) is 3.57 Å². The molecule has 0 atom stereocenters. The molecule has 2 aromatic carbocycles. The summed E-state index contributed by atoms with van der Waals surface area (Å²) in [7, 11) is -1.77. The van der Waals surface area contributed by atoms with Crippen molar-refractivity contribution in [2.45, 2.75) is 4.90 Å². The standard InChI is InChI=1S/C17H19IN2O3S/c1-23-16-6-4-15(5-7-16)19-10-12-20(13-11-19)24(21,22)17-8-2-14(18)3-9-17/h2-9H,10-13H2,1H3. The first-order valence-electron chi connectivity index (χ1n) is 7.65. The van der Waals surface area contributed by atoms with Gasteiger partial charge in [-0.25, -0.2) is 8.42 Å². The number of hydrogen-bond acceptors (Lipinski definition) is 4. The molecule has 1 heterocycles. The predicted molar refractivity (Wildman–Crippen MR) is 103 cm³/mol. The van der Waals surface area contributed by atoms with Crippen molar-refractivity contribution >= 4 is 38.3 Å². The van der Waals surface area contributed by atoms with Crippen molar-refractivity contribution in [1.29, 1.82) is 0 Å². The molecule has 5 nitrogen and oxygen atoms in total. The molecular weight excluding hydrogens is 439 g/mol. The van der Waals surface area contributed by atoms with Gasteiger partial charge in [0.1, 0.15) is 5.75 Å². The molecule has 0 aliphatic carbocycles. The number of nitrogens with zero attached hydrogens (tertiary/aromatic N) is 2. The number of piperazine rings is 1. The number of rotatable bonds is 4. The van der Waals surface area contributed by atoms with Crippen molar-refractivity contribution in [2.24, 2.45) is 0 Å². The van der Waals surface area contributed by atoms with Gasteiger partial charge >= 0.3 is 0 Å². The van der Waals surface area contributed by atoms with E-state index in [9.17, 15) is 8.42 Å². The Kier molecular flexibility index (Phi) is 5.31. The van der Waals surface area contributed by atoms with Gasteiger partial charge in [0.25, 0.3) is 0 Å². The fourth-order valence-corrected chi connectivity index (χ4v) is 4.52. The molecule has 0 radical (unpaired) electrons. The van der Waals surface area contributed by atoms with Crippen LogP contribution in [-0.4, -0.2) is 46.0 Å². The van der Waals surface area contributed by atoms with E-state index in [0.717, 1.165) is 15.0 Å². The summed E-state index contributed by atoms with van der Waals surface area (Å²) in [5.74, 6) is 0.818. The van der Waals surface area contributed by atoms with Crippen LogP contribution in [0.5, 0.6) is 5.75 Å². The highest BCUT2D eigenvalue weighted by Crippen LogP contribution is 2.23. The van der Waals surface area contributed by atoms with Gasteiger partial charge < -0.3 is 9.64 Å². The van der Waals surface area contributed by atoms with Crippen molar-refractivity contribution in [2.75, 3.05) is 38.2 Å². The van der Waals surface area contributed by atoms with Crippen LogP contribution in [0.1, 0.15) is 0 Å². The van der Waals surface area contributed by atoms with E-state index in [1.165, 1.54) is 0 Å². The molecule has 3 rings (SSSR count). The Labute approximate surface area is 156 Å². The Morgan fingerprint density at radius 1 is 0.917 bits per heavy atom. The van der Waals surface area contributed by atoms with Gasteiger partial charge in [-0.2, -0.15) is 4.31 Å². The van der Waals surface area contributed by atoms with Gasteiger partial charge in [-0.15, -0.1) is 0 Å². The van der Waals surface area contributed by atoms with Crippen molar-refractivity contribution in [3.05, 3.63) is 52.1 Å². The lowest BCUT2D eigenvalue weighted by atomic mass is 10.2. The minimum absolute atomic E-state index is 0.362. The summed E-state index contributed by atoms with van der Waals surface area (Å²) in [5, 5.41) is 0. The zero-order chi connectivity index (χ0) is 17.2. The van der Waals surface area contributed by atoms with Gasteiger partial charge in [0.05, 0.1) is 12.0 Å². The molecule has 1 aliphatic rings. The van der Waals surface area contributed by atoms with Crippen LogP contribution in [0.25, 0.3) is 0 Å². The Morgan fingerprint density at radius 2 is 1.50 bits per heavy atom. The van der Waals surface area contributed by atoms with E-state index in [4.69, 9.17) is 4.74 Å². The third-order valence-electron chi connectivity index (χ3n) is 4.13. The molecular formula is C17H19IN2O3S. The third kappa shape index (κ3) is 3.68. The second-order valence-corrected chi connectivity index (χ2v) is 8.73. The first-order chi connectivity index (χ1) is 11.5. The third-order valence-corrected chi connectivity index (χ3v) is 6.76. The quantitative estimate of drug-likeness (QED) is 0.662. The number of sulfonamides is 1. The lowest BCUT2D eigenvalue weighted by Crippen LogP contribution is -2.48. The van der Waals surface area contributed by atoms with Gasteiger partial charge in [-0.05, 0) is 71.1 Å². The van der Waals surface area contributed by atoms with E-state index in [1.807, 2.05) is 36.4 Å². The van der Waals surface area contributed by atoms with E-state index in [2.05, 4.69) is 27.5 Å². The normalized spacial score (nSPS) is 16.2. The second kappa shape index (κ2) is 7.28. The number of halogens is 1. The average molecular weight is 458 g/mol. The highest BCUT2D eigenvalue weighted by Gasteiger charge is 2.28. The van der Waals surface area contributed by atoms with E-state index >= 15 is 0 Å². The first kappa shape index (κ1) is 17.5. The number of anilines is 1. The van der Waals surface area contributed by atoms with Gasteiger partial charge in [-0.1, -0.05) is 0 Å². The van der Waals surface area contributed by atoms with Crippen molar-refractivity contribution in [3.8, 4) is 5.75 Å². The van der Waals surface area contributed by atoms with Gasteiger partial charge in [0, 0.05) is 35.4 Å². The summed E-state index contributed by atoms with van der Waals surface area (Å²) in [4.78, 5) is 2.56. The van der Waals surface area contributed by atoms with Crippen molar-refractivity contribution in [1.82, 2.24) is 4.31 Å². The second-order valence-electron chi connectivity index (χ2n) is 5.54. The Morgan fingerprint density at radius 3 is 2.04 bits per heavy atom. The maximum Gasteiger partial charge on any atom is 0.243 e. The van der Waals surface area contributed by atoms with E-state index in [1.54, 1.807) is 23.5 Å². The van der Waals surface area contributed by atoms with Gasteiger partial charge in [0.2, 0.25) is 10.0 Å². The maximum atomic E-state index is 12.7. The van der Waals surface area contributed by atoms with Crippen LogP contribution in [0.2, 0.25) is 0 Å². The number of benzene rings is 2. The van der Waals surface area contributed by atoms with E-state index < -0.39 is 10.0 Å². The van der Waals surface area contributed by atoms with Crippen LogP contribution in [-0.2, 0) is 10.0 Å². The molecule has 0 spiro atoms. The predicted octanol–water partition coefficient (Wildman–Crippen LogP) is 2.81. The highest BCUT2D eigenvalue weighted by atomic mass is 127. The van der Waals surface area contributed by atoms with Crippen LogP contribution in [0.3, 0.4) is 0 Å². The summed E-state index contributed by atoms with van der Waals surface area (Å²) in [6.45, 7) is 2.33.